The number of fused-ring (bicyclic) bond motifs is 1. The van der Waals surface area contributed by atoms with Crippen molar-refractivity contribution >= 4 is 12.0 Å². The van der Waals surface area contributed by atoms with E-state index in [1.807, 2.05) is 47.8 Å². The first-order valence-electron chi connectivity index (χ1n) is 11.5. The van der Waals surface area contributed by atoms with Crippen LogP contribution in [0.1, 0.15) is 36.0 Å². The molecule has 32 heavy (non-hydrogen) atoms. The second kappa shape index (κ2) is 10.6. The third-order valence-corrected chi connectivity index (χ3v) is 6.46. The van der Waals surface area contributed by atoms with E-state index < -0.39 is 0 Å². The monoisotopic (exact) mass is 435 g/mol. The van der Waals surface area contributed by atoms with Gasteiger partial charge in [-0.25, -0.2) is 0 Å². The number of piperidine rings is 1. The summed E-state index contributed by atoms with van der Waals surface area (Å²) in [4.78, 5) is 21.7. The Hall–Kier alpha value is -2.86. The number of benzene rings is 1. The van der Waals surface area contributed by atoms with Crippen LogP contribution in [0.2, 0.25) is 0 Å². The summed E-state index contributed by atoms with van der Waals surface area (Å²) in [6.07, 6.45) is 12.7. The average Bonchev–Trinajstić information content (AvgIpc) is 2.97. The predicted octanol–water partition coefficient (Wildman–Crippen LogP) is 3.80. The van der Waals surface area contributed by atoms with Gasteiger partial charge in [0, 0.05) is 31.7 Å². The maximum atomic E-state index is 13.0. The summed E-state index contributed by atoms with van der Waals surface area (Å²) in [6, 6.07) is 8.02. The largest absolute Gasteiger partial charge is 0.493 e. The summed E-state index contributed by atoms with van der Waals surface area (Å²) in [7, 11) is 3.25. The molecule has 0 radical (unpaired) electrons. The van der Waals surface area contributed by atoms with E-state index in [9.17, 15) is 4.79 Å². The standard InChI is InChI=1S/C26H33N3O3/c1-31-24-14-22-9-13-29(26(30)16-23(22)15-25(24)32-2)19-21-8-5-12-28(18-21)11-4-7-20-6-3-10-27-17-20/h3,6,9-10,13-15,17,21H,4-5,7-8,11-12,16,18-19H2,1-2H3. The van der Waals surface area contributed by atoms with Crippen LogP contribution >= 0.6 is 0 Å². The second-order valence-electron chi connectivity index (χ2n) is 8.72. The fourth-order valence-corrected chi connectivity index (χ4v) is 4.76. The van der Waals surface area contributed by atoms with Gasteiger partial charge < -0.3 is 19.3 Å². The minimum Gasteiger partial charge on any atom is -0.493 e. The minimum absolute atomic E-state index is 0.140. The molecular weight excluding hydrogens is 402 g/mol. The van der Waals surface area contributed by atoms with E-state index in [4.69, 9.17) is 9.47 Å². The zero-order valence-corrected chi connectivity index (χ0v) is 19.1. The van der Waals surface area contributed by atoms with Crippen molar-refractivity contribution in [3.05, 3.63) is 59.5 Å². The molecule has 3 heterocycles. The van der Waals surface area contributed by atoms with Gasteiger partial charge in [-0.05, 0) is 85.7 Å². The van der Waals surface area contributed by atoms with E-state index in [-0.39, 0.29) is 5.91 Å². The molecule has 6 heteroatoms. The van der Waals surface area contributed by atoms with Crippen LogP contribution in [0.3, 0.4) is 0 Å². The zero-order valence-electron chi connectivity index (χ0n) is 19.1. The molecule has 2 aromatic rings. The number of amides is 1. The van der Waals surface area contributed by atoms with E-state index in [0.717, 1.165) is 50.1 Å². The number of hydrogen-bond donors (Lipinski definition) is 0. The van der Waals surface area contributed by atoms with Crippen molar-refractivity contribution in [1.82, 2.24) is 14.8 Å². The maximum Gasteiger partial charge on any atom is 0.230 e. The number of carbonyl (C=O) groups excluding carboxylic acids is 1. The van der Waals surface area contributed by atoms with E-state index in [0.29, 0.717) is 23.8 Å². The first-order valence-corrected chi connectivity index (χ1v) is 11.5. The Morgan fingerprint density at radius 2 is 2.03 bits per heavy atom. The Morgan fingerprint density at radius 3 is 2.81 bits per heavy atom. The highest BCUT2D eigenvalue weighted by atomic mass is 16.5. The molecule has 1 aromatic heterocycles. The molecule has 6 nitrogen and oxygen atoms in total. The van der Waals surface area contributed by atoms with Gasteiger partial charge in [0.25, 0.3) is 0 Å². The SMILES string of the molecule is COc1cc2c(cc1OC)CC(=O)N(CC1CCCN(CCCc3cccnc3)C1)C=C2. The summed E-state index contributed by atoms with van der Waals surface area (Å²) in [5.41, 5.74) is 3.29. The van der Waals surface area contributed by atoms with Crippen LogP contribution in [0.15, 0.2) is 42.9 Å². The molecule has 170 valence electrons. The van der Waals surface area contributed by atoms with Crippen LogP contribution in [-0.2, 0) is 17.6 Å². The Labute approximate surface area is 190 Å². The molecule has 2 aliphatic heterocycles. The number of likely N-dealkylation sites (tertiary alicyclic amines) is 1. The molecule has 2 aliphatic rings. The minimum atomic E-state index is 0.140. The molecule has 0 spiro atoms. The van der Waals surface area contributed by atoms with Crippen molar-refractivity contribution < 1.29 is 14.3 Å². The molecule has 0 bridgehead atoms. The van der Waals surface area contributed by atoms with E-state index >= 15 is 0 Å². The molecule has 1 aromatic carbocycles. The fourth-order valence-electron chi connectivity index (χ4n) is 4.76. The zero-order chi connectivity index (χ0) is 22.3. The Bertz CT molecular complexity index is 945. The normalized spacial score (nSPS) is 18.9. The van der Waals surface area contributed by atoms with Gasteiger partial charge in [0.2, 0.25) is 5.91 Å². The Morgan fingerprint density at radius 1 is 1.19 bits per heavy atom. The molecule has 1 saturated heterocycles. The third-order valence-electron chi connectivity index (χ3n) is 6.46. The second-order valence-corrected chi connectivity index (χ2v) is 8.72. The molecule has 0 N–H and O–H groups in total. The van der Waals surface area contributed by atoms with Crippen molar-refractivity contribution in [2.45, 2.75) is 32.1 Å². The van der Waals surface area contributed by atoms with Gasteiger partial charge in [0.15, 0.2) is 11.5 Å². The lowest BCUT2D eigenvalue weighted by Crippen LogP contribution is -2.41. The smallest absolute Gasteiger partial charge is 0.230 e. The van der Waals surface area contributed by atoms with Crippen molar-refractivity contribution in [2.24, 2.45) is 5.92 Å². The van der Waals surface area contributed by atoms with Gasteiger partial charge in [-0.15, -0.1) is 0 Å². The molecule has 0 saturated carbocycles. The molecule has 4 rings (SSSR count). The number of hydrogen-bond acceptors (Lipinski definition) is 5. The van der Waals surface area contributed by atoms with Crippen molar-refractivity contribution in [1.29, 1.82) is 0 Å². The number of aryl methyl sites for hydroxylation is 1. The van der Waals surface area contributed by atoms with Crippen LogP contribution < -0.4 is 9.47 Å². The number of nitrogens with zero attached hydrogens (tertiary/aromatic N) is 3. The van der Waals surface area contributed by atoms with Crippen LogP contribution in [-0.4, -0.2) is 61.1 Å². The number of methoxy groups -OCH3 is 2. The highest BCUT2D eigenvalue weighted by Crippen LogP contribution is 2.33. The van der Waals surface area contributed by atoms with Gasteiger partial charge in [0.05, 0.1) is 20.6 Å². The lowest BCUT2D eigenvalue weighted by atomic mass is 9.97. The summed E-state index contributed by atoms with van der Waals surface area (Å²) in [5, 5.41) is 0. The van der Waals surface area contributed by atoms with E-state index in [1.54, 1.807) is 14.2 Å². The molecule has 1 unspecified atom stereocenters. The van der Waals surface area contributed by atoms with E-state index in [2.05, 4.69) is 16.0 Å². The molecule has 1 amide bonds. The number of rotatable bonds is 8. The van der Waals surface area contributed by atoms with Gasteiger partial charge in [0.1, 0.15) is 0 Å². The first-order chi connectivity index (χ1) is 15.7. The fraction of sp³-hybridized carbons (Fsp3) is 0.462. The van der Waals surface area contributed by atoms with Crippen LogP contribution in [0, 0.1) is 5.92 Å². The lowest BCUT2D eigenvalue weighted by molar-refractivity contribution is -0.128. The lowest BCUT2D eigenvalue weighted by Gasteiger charge is -2.34. The third kappa shape index (κ3) is 5.49. The summed E-state index contributed by atoms with van der Waals surface area (Å²) in [6.45, 7) is 4.08. The average molecular weight is 436 g/mol. The van der Waals surface area contributed by atoms with Crippen LogP contribution in [0.5, 0.6) is 11.5 Å². The van der Waals surface area contributed by atoms with Gasteiger partial charge in [-0.1, -0.05) is 6.07 Å². The summed E-state index contributed by atoms with van der Waals surface area (Å²) < 4.78 is 10.8. The van der Waals surface area contributed by atoms with Crippen molar-refractivity contribution in [2.75, 3.05) is 40.4 Å². The van der Waals surface area contributed by atoms with Gasteiger partial charge >= 0.3 is 0 Å². The van der Waals surface area contributed by atoms with Gasteiger partial charge in [-0.3, -0.25) is 9.78 Å². The molecule has 1 fully saturated rings. The Balaban J connectivity index is 1.33. The van der Waals surface area contributed by atoms with Crippen molar-refractivity contribution in [3.8, 4) is 11.5 Å². The first kappa shape index (κ1) is 22.3. The number of carbonyl (C=O) groups is 1. The molecular formula is C26H33N3O3. The number of ether oxygens (including phenoxy) is 2. The molecule has 1 atom stereocenters. The number of aromatic nitrogens is 1. The summed E-state index contributed by atoms with van der Waals surface area (Å²) in [5.74, 6) is 1.99. The van der Waals surface area contributed by atoms with Gasteiger partial charge in [-0.2, -0.15) is 0 Å². The van der Waals surface area contributed by atoms with Crippen molar-refractivity contribution in [3.63, 3.8) is 0 Å². The topological polar surface area (TPSA) is 54.9 Å². The predicted molar refractivity (Wildman–Crippen MR) is 126 cm³/mol. The quantitative estimate of drug-likeness (QED) is 0.631. The molecule has 0 aliphatic carbocycles. The van der Waals surface area contributed by atoms with E-state index in [1.165, 1.54) is 18.4 Å². The maximum absolute atomic E-state index is 13.0. The van der Waals surface area contributed by atoms with Crippen LogP contribution in [0.25, 0.3) is 6.08 Å². The number of pyridine rings is 1. The van der Waals surface area contributed by atoms with Crippen LogP contribution in [0.4, 0.5) is 0 Å². The Kier molecular flexibility index (Phi) is 7.43. The highest BCUT2D eigenvalue weighted by molar-refractivity contribution is 5.84. The summed E-state index contributed by atoms with van der Waals surface area (Å²) >= 11 is 0. The highest BCUT2D eigenvalue weighted by Gasteiger charge is 2.25.